The lowest BCUT2D eigenvalue weighted by Gasteiger charge is -2.43. The molecule has 0 bridgehead atoms. The van der Waals surface area contributed by atoms with E-state index < -0.39 is 25.6 Å². The van der Waals surface area contributed by atoms with Gasteiger partial charge in [0.1, 0.15) is 11.5 Å². The molecule has 0 saturated heterocycles. The number of benzene rings is 5. The van der Waals surface area contributed by atoms with E-state index in [9.17, 15) is 4.57 Å². The van der Waals surface area contributed by atoms with Crippen molar-refractivity contribution in [1.29, 1.82) is 0 Å². The molecule has 7 rings (SSSR count). The molecule has 0 saturated carbocycles. The van der Waals surface area contributed by atoms with Crippen LogP contribution in [0.15, 0.2) is 121 Å². The molecule has 4 unspecified atom stereocenters. The Morgan fingerprint density at radius 3 is 1.60 bits per heavy atom. The average Bonchev–Trinajstić information content (AvgIpc) is 3.04. The van der Waals surface area contributed by atoms with Crippen molar-refractivity contribution in [3.05, 3.63) is 132 Å². The monoisotopic (exact) mass is 604 g/mol. The van der Waals surface area contributed by atoms with E-state index in [0.29, 0.717) is 11.5 Å². The average molecular weight is 605 g/mol. The molecule has 0 N–H and O–H groups in total. The summed E-state index contributed by atoms with van der Waals surface area (Å²) in [7, 11) is -6.80. The van der Waals surface area contributed by atoms with E-state index in [0.717, 1.165) is 44.0 Å². The lowest BCUT2D eigenvalue weighted by molar-refractivity contribution is 0.389. The second kappa shape index (κ2) is 10.1. The van der Waals surface area contributed by atoms with Crippen LogP contribution in [0.1, 0.15) is 44.5 Å². The normalized spacial score (nSPS) is 22.1. The summed E-state index contributed by atoms with van der Waals surface area (Å²) in [6, 6.07) is 39.5. The van der Waals surface area contributed by atoms with Gasteiger partial charge in [0, 0.05) is 11.1 Å². The minimum absolute atomic E-state index is 0.0108. The van der Waals surface area contributed by atoms with Crippen LogP contribution in [0.25, 0.3) is 22.3 Å². The van der Waals surface area contributed by atoms with Gasteiger partial charge in [0.25, 0.3) is 14.7 Å². The van der Waals surface area contributed by atoms with Crippen molar-refractivity contribution in [2.45, 2.75) is 38.5 Å². The van der Waals surface area contributed by atoms with Gasteiger partial charge in [-0.05, 0) is 66.3 Å². The highest BCUT2D eigenvalue weighted by molar-refractivity contribution is 7.69. The van der Waals surface area contributed by atoms with Gasteiger partial charge >= 0.3 is 0 Å². The molecule has 0 aliphatic carbocycles. The van der Waals surface area contributed by atoms with Gasteiger partial charge in [0.2, 0.25) is 0 Å². The van der Waals surface area contributed by atoms with Crippen LogP contribution in [0.4, 0.5) is 0 Å². The van der Waals surface area contributed by atoms with Crippen molar-refractivity contribution in [2.24, 2.45) is 5.92 Å². The fourth-order valence-electron chi connectivity index (χ4n) is 6.62. The fourth-order valence-corrected chi connectivity index (χ4v) is 12.3. The van der Waals surface area contributed by atoms with Gasteiger partial charge in [-0.3, -0.25) is 9.13 Å². The molecule has 5 aromatic rings. The van der Waals surface area contributed by atoms with Crippen LogP contribution in [-0.2, 0) is 14.3 Å². The van der Waals surface area contributed by atoms with E-state index >= 15 is 4.57 Å². The van der Waals surface area contributed by atoms with Crippen LogP contribution < -0.4 is 19.7 Å². The summed E-state index contributed by atoms with van der Waals surface area (Å²) < 4.78 is 43.1. The van der Waals surface area contributed by atoms with E-state index in [1.54, 1.807) is 0 Å². The van der Waals surface area contributed by atoms with Gasteiger partial charge in [-0.25, -0.2) is 0 Å². The largest absolute Gasteiger partial charge is 0.439 e. The quantitative estimate of drug-likeness (QED) is 0.187. The molecule has 2 aliphatic rings. The second-order valence-electron chi connectivity index (χ2n) is 12.0. The SMILES string of the molecule is CC(C)C(C)(c1ccc(C(C)P2(=O)Oc3ccccc3-c3ccccc32)cc1)P1(=O)Oc2ccccc2-c2ccccc21. The molecule has 0 fully saturated rings. The Morgan fingerprint density at radius 2 is 1.02 bits per heavy atom. The van der Waals surface area contributed by atoms with Crippen LogP contribution in [0.3, 0.4) is 0 Å². The zero-order valence-corrected chi connectivity index (χ0v) is 26.5. The minimum Gasteiger partial charge on any atom is -0.439 e. The standard InChI is InChI=1S/C37H34O4P2/c1-25(2)37(4,43(39)36-20-12-8-16-32(36)30-14-6-10-18-34(30)41-43)28-23-21-27(22-24-28)26(3)42(38)35-19-11-7-15-31(35)29-13-5-9-17-33(29)40-42/h5-26H,1-4H3. The second-order valence-corrected chi connectivity index (χ2v) is 17.3. The van der Waals surface area contributed by atoms with E-state index in [4.69, 9.17) is 9.05 Å². The Kier molecular flexibility index (Phi) is 6.58. The van der Waals surface area contributed by atoms with Gasteiger partial charge in [0.05, 0.1) is 21.4 Å². The first-order valence-electron chi connectivity index (χ1n) is 14.8. The summed E-state index contributed by atoms with van der Waals surface area (Å²) in [5.74, 6) is 1.28. The number of rotatable bonds is 5. The highest BCUT2D eigenvalue weighted by atomic mass is 31.2. The number of fused-ring (bicyclic) bond motifs is 6. The number of hydrogen-bond donors (Lipinski definition) is 0. The lowest BCUT2D eigenvalue weighted by Crippen LogP contribution is -2.37. The Balaban J connectivity index is 1.30. The molecule has 4 atom stereocenters. The molecule has 2 heterocycles. The van der Waals surface area contributed by atoms with Crippen LogP contribution in [0.2, 0.25) is 0 Å². The molecule has 0 spiro atoms. The molecule has 43 heavy (non-hydrogen) atoms. The van der Waals surface area contributed by atoms with Gasteiger partial charge < -0.3 is 9.05 Å². The van der Waals surface area contributed by atoms with Crippen LogP contribution in [0.5, 0.6) is 11.5 Å². The summed E-state index contributed by atoms with van der Waals surface area (Å²) in [5.41, 5.74) is 5.26. The third kappa shape index (κ3) is 4.04. The lowest BCUT2D eigenvalue weighted by atomic mass is 9.88. The summed E-state index contributed by atoms with van der Waals surface area (Å²) in [6.07, 6.45) is 0. The third-order valence-electron chi connectivity index (χ3n) is 9.50. The highest BCUT2D eigenvalue weighted by Crippen LogP contribution is 2.69. The van der Waals surface area contributed by atoms with E-state index in [1.807, 2.05) is 128 Å². The van der Waals surface area contributed by atoms with Crippen molar-refractivity contribution in [2.75, 3.05) is 0 Å². The summed E-state index contributed by atoms with van der Waals surface area (Å²) in [5, 5.41) is 0.667. The van der Waals surface area contributed by atoms with Crippen molar-refractivity contribution in [1.82, 2.24) is 0 Å². The van der Waals surface area contributed by atoms with Gasteiger partial charge in [-0.1, -0.05) is 111 Å². The molecule has 216 valence electrons. The maximum Gasteiger partial charge on any atom is 0.288 e. The first-order chi connectivity index (χ1) is 20.7. The molecule has 0 radical (unpaired) electrons. The molecule has 6 heteroatoms. The van der Waals surface area contributed by atoms with Crippen molar-refractivity contribution < 1.29 is 18.2 Å². The molecular formula is C37H34O4P2. The maximum absolute atomic E-state index is 15.4. The maximum atomic E-state index is 15.4. The molecule has 0 aromatic heterocycles. The molecule has 2 aliphatic heterocycles. The van der Waals surface area contributed by atoms with Gasteiger partial charge in [-0.15, -0.1) is 0 Å². The van der Waals surface area contributed by atoms with Crippen molar-refractivity contribution in [3.63, 3.8) is 0 Å². The minimum atomic E-state index is -3.47. The Bertz CT molecular complexity index is 1960. The predicted molar refractivity (Wildman–Crippen MR) is 177 cm³/mol. The molecule has 5 aromatic carbocycles. The fraction of sp³-hybridized carbons (Fsp3) is 0.189. The molecular weight excluding hydrogens is 570 g/mol. The summed E-state index contributed by atoms with van der Waals surface area (Å²) >= 11 is 0. The highest BCUT2D eigenvalue weighted by Gasteiger charge is 2.54. The molecule has 0 amide bonds. The predicted octanol–water partition coefficient (Wildman–Crippen LogP) is 9.94. The van der Waals surface area contributed by atoms with E-state index in [2.05, 4.69) is 20.8 Å². The van der Waals surface area contributed by atoms with Crippen molar-refractivity contribution in [3.8, 4) is 33.8 Å². The van der Waals surface area contributed by atoms with Gasteiger partial charge in [0.15, 0.2) is 0 Å². The topological polar surface area (TPSA) is 52.6 Å². The van der Waals surface area contributed by atoms with E-state index in [-0.39, 0.29) is 5.92 Å². The Labute approximate surface area is 253 Å². The Morgan fingerprint density at radius 1 is 0.558 bits per heavy atom. The third-order valence-corrected chi connectivity index (χ3v) is 15.8. The molecule has 4 nitrogen and oxygen atoms in total. The smallest absolute Gasteiger partial charge is 0.288 e. The summed E-state index contributed by atoms with van der Waals surface area (Å²) in [6.45, 7) is 8.24. The Hall–Kier alpha value is -3.84. The van der Waals surface area contributed by atoms with Crippen LogP contribution in [0, 0.1) is 5.92 Å². The van der Waals surface area contributed by atoms with E-state index in [1.165, 1.54) is 0 Å². The first kappa shape index (κ1) is 28.0. The zero-order chi connectivity index (χ0) is 30.0. The van der Waals surface area contributed by atoms with Crippen LogP contribution >= 0.6 is 14.7 Å². The number of para-hydroxylation sites is 2. The van der Waals surface area contributed by atoms with Gasteiger partial charge in [-0.2, -0.15) is 0 Å². The van der Waals surface area contributed by atoms with Crippen molar-refractivity contribution >= 4 is 25.3 Å². The number of hydrogen-bond acceptors (Lipinski definition) is 4. The summed E-state index contributed by atoms with van der Waals surface area (Å²) in [4.78, 5) is 0. The first-order valence-corrected chi connectivity index (χ1v) is 18.1. The zero-order valence-electron chi connectivity index (χ0n) is 24.7. The van der Waals surface area contributed by atoms with Crippen LogP contribution in [-0.4, -0.2) is 0 Å².